The maximum absolute atomic E-state index is 12.1. The number of rotatable bonds is 5. The molecule has 0 heterocycles. The van der Waals surface area contributed by atoms with Gasteiger partial charge in [0.2, 0.25) is 0 Å². The fourth-order valence-corrected chi connectivity index (χ4v) is 5.36. The highest BCUT2D eigenvalue weighted by Crippen LogP contribution is 2.42. The molecule has 4 rings (SSSR count). The number of fused-ring (bicyclic) bond motifs is 2. The molecule has 0 amide bonds. The van der Waals surface area contributed by atoms with Gasteiger partial charge in [-0.2, -0.15) is 25.3 Å². The molecule has 0 saturated carbocycles. The summed E-state index contributed by atoms with van der Waals surface area (Å²) in [6.45, 7) is 0. The lowest BCUT2D eigenvalue weighted by Gasteiger charge is -2.10. The van der Waals surface area contributed by atoms with Crippen LogP contribution >= 0.6 is 0 Å². The van der Waals surface area contributed by atoms with E-state index in [-0.39, 0.29) is 16.2 Å². The van der Waals surface area contributed by atoms with E-state index in [1.807, 2.05) is 0 Å². The van der Waals surface area contributed by atoms with Crippen LogP contribution in [0.3, 0.4) is 0 Å². The summed E-state index contributed by atoms with van der Waals surface area (Å²) >= 11 is 0. The molecule has 0 unspecified atom stereocenters. The lowest BCUT2D eigenvalue weighted by atomic mass is 10.1. The second-order valence-electron chi connectivity index (χ2n) is 7.13. The molecular formula is C20H13N2O10S3. The van der Waals surface area contributed by atoms with Gasteiger partial charge < -0.3 is 5.11 Å². The highest BCUT2D eigenvalue weighted by molar-refractivity contribution is 7.86. The molecule has 0 aliphatic carbocycles. The third-order valence-electron chi connectivity index (χ3n) is 4.88. The van der Waals surface area contributed by atoms with Crippen molar-refractivity contribution in [2.75, 3.05) is 0 Å². The van der Waals surface area contributed by atoms with Gasteiger partial charge in [-0.25, -0.2) is 0 Å². The Labute approximate surface area is 198 Å². The van der Waals surface area contributed by atoms with Crippen molar-refractivity contribution >= 4 is 63.3 Å². The third-order valence-corrected chi connectivity index (χ3v) is 7.52. The van der Waals surface area contributed by atoms with E-state index in [0.29, 0.717) is 5.39 Å². The molecule has 4 N–H and O–H groups in total. The molecule has 0 fully saturated rings. The van der Waals surface area contributed by atoms with Gasteiger partial charge in [0, 0.05) is 10.8 Å². The van der Waals surface area contributed by atoms with Crippen LogP contribution < -0.4 is 0 Å². The van der Waals surface area contributed by atoms with Gasteiger partial charge in [-0.15, -0.1) is 10.2 Å². The standard InChI is InChI=1S/C20H13N2O10S3/c23-19-14-7-6-13(33(24,25)26)9-12(14)10-17(34(27,28)29)18(19)22-21-16-8-5-11-3-1-2-4-15(11)20(16)35(30,31)32/h1-6,8-10,23H,(H,24,25,26)(H,27,28,29)(H,30,31,32). The van der Waals surface area contributed by atoms with Crippen LogP contribution in [0.25, 0.3) is 21.5 Å². The Morgan fingerprint density at radius 1 is 0.743 bits per heavy atom. The van der Waals surface area contributed by atoms with Crippen molar-refractivity contribution in [3.8, 4) is 5.75 Å². The summed E-state index contributed by atoms with van der Waals surface area (Å²) in [5.74, 6) is -0.894. The molecule has 0 spiro atoms. The Balaban J connectivity index is 2.00. The van der Waals surface area contributed by atoms with E-state index in [1.54, 1.807) is 12.1 Å². The minimum atomic E-state index is -5.08. The monoisotopic (exact) mass is 537 g/mol. The number of phenols is 1. The van der Waals surface area contributed by atoms with E-state index in [9.17, 15) is 44.0 Å². The first-order valence-corrected chi connectivity index (χ1v) is 13.6. The summed E-state index contributed by atoms with van der Waals surface area (Å²) in [6.07, 6.45) is 0. The molecule has 35 heavy (non-hydrogen) atoms. The Hall–Kier alpha value is -3.47. The number of hydrogen-bond donors (Lipinski definition) is 4. The van der Waals surface area contributed by atoms with Crippen LogP contribution in [0.4, 0.5) is 11.4 Å². The number of benzene rings is 4. The van der Waals surface area contributed by atoms with Crippen LogP contribution in [0.2, 0.25) is 0 Å². The Morgan fingerprint density at radius 3 is 2.06 bits per heavy atom. The highest BCUT2D eigenvalue weighted by atomic mass is 32.2. The fourth-order valence-electron chi connectivity index (χ4n) is 3.38. The van der Waals surface area contributed by atoms with Crippen molar-refractivity contribution in [3.63, 3.8) is 0 Å². The van der Waals surface area contributed by atoms with E-state index in [0.717, 1.165) is 18.2 Å². The average Bonchev–Trinajstić information content (AvgIpc) is 2.75. The smallest absolute Gasteiger partial charge is 0.297 e. The van der Waals surface area contributed by atoms with Gasteiger partial charge in [-0.1, -0.05) is 30.3 Å². The van der Waals surface area contributed by atoms with Crippen LogP contribution in [0.15, 0.2) is 79.5 Å². The normalized spacial score (nSPS) is 13.1. The SMILES string of the molecule is O=S(=O)(O)c1c[c]c2c(O)c(N=Nc3ccc4ccccc4c3S(=O)(=O)O)c(S(=O)(=O)O)cc2c1. The van der Waals surface area contributed by atoms with Crippen molar-refractivity contribution in [1.82, 2.24) is 0 Å². The first-order valence-electron chi connectivity index (χ1n) is 9.25. The molecule has 0 atom stereocenters. The van der Waals surface area contributed by atoms with E-state index in [1.165, 1.54) is 24.3 Å². The predicted molar refractivity (Wildman–Crippen MR) is 122 cm³/mol. The maximum atomic E-state index is 12.1. The van der Waals surface area contributed by atoms with Crippen molar-refractivity contribution in [2.24, 2.45) is 10.2 Å². The molecule has 181 valence electrons. The molecule has 1 radical (unpaired) electrons. The zero-order chi connectivity index (χ0) is 25.8. The van der Waals surface area contributed by atoms with Crippen LogP contribution in [0, 0.1) is 6.07 Å². The van der Waals surface area contributed by atoms with Gasteiger partial charge >= 0.3 is 0 Å². The first kappa shape index (κ1) is 24.6. The zero-order valence-electron chi connectivity index (χ0n) is 17.1. The molecule has 0 aliphatic heterocycles. The van der Waals surface area contributed by atoms with Gasteiger partial charge in [0.05, 0.1) is 4.90 Å². The Kier molecular flexibility index (Phi) is 5.87. The summed E-state index contributed by atoms with van der Waals surface area (Å²) in [5, 5.41) is 18.0. The summed E-state index contributed by atoms with van der Waals surface area (Å²) in [7, 11) is -14.6. The second-order valence-corrected chi connectivity index (χ2v) is 11.3. The zero-order valence-corrected chi connectivity index (χ0v) is 19.5. The molecule has 12 nitrogen and oxygen atoms in total. The Morgan fingerprint density at radius 2 is 1.43 bits per heavy atom. The van der Waals surface area contributed by atoms with Gasteiger partial charge in [0.1, 0.15) is 21.2 Å². The predicted octanol–water partition coefficient (Wildman–Crippen LogP) is 3.65. The van der Waals surface area contributed by atoms with Gasteiger partial charge in [-0.05, 0) is 41.1 Å². The van der Waals surface area contributed by atoms with Gasteiger partial charge in [0.15, 0.2) is 5.75 Å². The lowest BCUT2D eigenvalue weighted by molar-refractivity contribution is 0.471. The van der Waals surface area contributed by atoms with Crippen LogP contribution in [-0.4, -0.2) is 44.0 Å². The molecule has 0 aromatic heterocycles. The number of nitrogens with zero attached hydrogens (tertiary/aromatic N) is 2. The third kappa shape index (κ3) is 4.72. The largest absolute Gasteiger partial charge is 0.505 e. The van der Waals surface area contributed by atoms with Gasteiger partial charge in [-0.3, -0.25) is 13.7 Å². The molecule has 4 aromatic carbocycles. The first-order chi connectivity index (χ1) is 16.2. The highest BCUT2D eigenvalue weighted by Gasteiger charge is 2.24. The summed E-state index contributed by atoms with van der Waals surface area (Å²) in [5.41, 5.74) is -1.22. The van der Waals surface area contributed by atoms with E-state index >= 15 is 0 Å². The lowest BCUT2D eigenvalue weighted by Crippen LogP contribution is -2.01. The fraction of sp³-hybridized carbons (Fsp3) is 0. The quantitative estimate of drug-likeness (QED) is 0.214. The van der Waals surface area contributed by atoms with E-state index in [4.69, 9.17) is 0 Å². The minimum Gasteiger partial charge on any atom is -0.505 e. The molecule has 0 aliphatic rings. The second kappa shape index (κ2) is 8.33. The molecule has 4 aromatic rings. The van der Waals surface area contributed by atoms with Crippen molar-refractivity contribution in [3.05, 3.63) is 60.7 Å². The summed E-state index contributed by atoms with van der Waals surface area (Å²) in [4.78, 5) is -2.28. The van der Waals surface area contributed by atoms with Gasteiger partial charge in [0.25, 0.3) is 30.4 Å². The van der Waals surface area contributed by atoms with Crippen molar-refractivity contribution < 1.29 is 44.0 Å². The molecule has 0 bridgehead atoms. The molecular weight excluding hydrogens is 524 g/mol. The summed E-state index contributed by atoms with van der Waals surface area (Å²) < 4.78 is 99.4. The molecule has 0 saturated heterocycles. The van der Waals surface area contributed by atoms with E-state index < -0.39 is 62.2 Å². The number of azo groups is 1. The average molecular weight is 538 g/mol. The van der Waals surface area contributed by atoms with Crippen molar-refractivity contribution in [2.45, 2.75) is 14.7 Å². The van der Waals surface area contributed by atoms with Crippen LogP contribution in [0.1, 0.15) is 0 Å². The van der Waals surface area contributed by atoms with Crippen LogP contribution in [-0.2, 0) is 30.4 Å². The molecule has 15 heteroatoms. The number of hydrogen-bond acceptors (Lipinski definition) is 9. The number of phenolic OH excluding ortho intramolecular Hbond substituents is 1. The maximum Gasteiger partial charge on any atom is 0.297 e. The summed E-state index contributed by atoms with van der Waals surface area (Å²) in [6, 6.07) is 13.5. The minimum absolute atomic E-state index is 0.0928. The number of aromatic hydroxyl groups is 1. The van der Waals surface area contributed by atoms with E-state index in [2.05, 4.69) is 16.3 Å². The topological polar surface area (TPSA) is 208 Å². The van der Waals surface area contributed by atoms with Crippen LogP contribution in [0.5, 0.6) is 5.75 Å². The Bertz CT molecular complexity index is 1880. The van der Waals surface area contributed by atoms with Crippen molar-refractivity contribution in [1.29, 1.82) is 0 Å².